The molecule has 156 valence electrons. The van der Waals surface area contributed by atoms with Crippen LogP contribution in [-0.4, -0.2) is 24.5 Å². The number of amides is 2. The number of para-hydroxylation sites is 1. The Hall–Kier alpha value is -3.54. The third-order valence-electron chi connectivity index (χ3n) is 4.59. The molecule has 0 bridgehead atoms. The van der Waals surface area contributed by atoms with E-state index in [2.05, 4.69) is 17.8 Å². The molecule has 0 radical (unpaired) electrons. The van der Waals surface area contributed by atoms with Crippen LogP contribution in [0, 0.1) is 0 Å². The largest absolute Gasteiger partial charge is 0.493 e. The first-order valence-corrected chi connectivity index (χ1v) is 10.1. The van der Waals surface area contributed by atoms with Gasteiger partial charge in [0.25, 0.3) is 11.8 Å². The summed E-state index contributed by atoms with van der Waals surface area (Å²) in [4.78, 5) is 24.8. The maximum Gasteiger partial charge on any atom is 0.279 e. The first-order valence-electron chi connectivity index (χ1n) is 10.1. The molecule has 2 amide bonds. The van der Waals surface area contributed by atoms with Crippen molar-refractivity contribution in [3.8, 4) is 11.5 Å². The van der Waals surface area contributed by atoms with Gasteiger partial charge in [-0.3, -0.25) is 20.4 Å². The molecule has 6 heteroatoms. The van der Waals surface area contributed by atoms with E-state index in [0.717, 1.165) is 23.6 Å². The fourth-order valence-electron chi connectivity index (χ4n) is 2.89. The van der Waals surface area contributed by atoms with Crippen molar-refractivity contribution in [3.63, 3.8) is 0 Å². The van der Waals surface area contributed by atoms with Gasteiger partial charge < -0.3 is 9.47 Å². The zero-order valence-corrected chi connectivity index (χ0v) is 17.2. The van der Waals surface area contributed by atoms with E-state index >= 15 is 0 Å². The molecule has 0 aliphatic carbocycles. The molecule has 30 heavy (non-hydrogen) atoms. The van der Waals surface area contributed by atoms with Gasteiger partial charge in [0.15, 0.2) is 6.10 Å². The van der Waals surface area contributed by atoms with Crippen molar-refractivity contribution in [1.29, 1.82) is 0 Å². The van der Waals surface area contributed by atoms with E-state index in [1.165, 1.54) is 0 Å². The lowest BCUT2D eigenvalue weighted by atomic mass is 10.1. The summed E-state index contributed by atoms with van der Waals surface area (Å²) in [5, 5.41) is 2.12. The lowest BCUT2D eigenvalue weighted by molar-refractivity contribution is -0.128. The zero-order valence-electron chi connectivity index (χ0n) is 17.2. The first kappa shape index (κ1) is 21.2. The molecule has 3 aromatic rings. The van der Waals surface area contributed by atoms with Crippen molar-refractivity contribution in [2.75, 3.05) is 6.61 Å². The minimum atomic E-state index is -0.789. The number of hydrogen-bond donors (Lipinski definition) is 2. The van der Waals surface area contributed by atoms with E-state index in [0.29, 0.717) is 23.7 Å². The van der Waals surface area contributed by atoms with Crippen LogP contribution in [0.15, 0.2) is 66.7 Å². The Morgan fingerprint density at radius 2 is 1.67 bits per heavy atom. The van der Waals surface area contributed by atoms with E-state index in [4.69, 9.17) is 9.47 Å². The van der Waals surface area contributed by atoms with Crippen molar-refractivity contribution in [1.82, 2.24) is 10.9 Å². The standard InChI is InChI=1S/C24H26N2O4/c1-3-4-15-29-22-12-8-7-11-21(22)24(28)26-25-23(27)17(2)30-20-14-13-18-9-5-6-10-19(18)16-20/h5-14,16-17H,3-4,15H2,1-2H3,(H,25,27)(H,26,28)/t17-/m1/s1. The molecule has 0 unspecified atom stereocenters. The molecule has 0 saturated carbocycles. The fraction of sp³-hybridized carbons (Fsp3) is 0.250. The van der Waals surface area contributed by atoms with Crippen LogP contribution >= 0.6 is 0 Å². The molecule has 0 spiro atoms. The number of carbonyl (C=O) groups is 2. The third kappa shape index (κ3) is 5.50. The van der Waals surface area contributed by atoms with Crippen molar-refractivity contribution in [2.45, 2.75) is 32.8 Å². The van der Waals surface area contributed by atoms with Crippen molar-refractivity contribution in [3.05, 3.63) is 72.3 Å². The second-order valence-corrected chi connectivity index (χ2v) is 6.91. The summed E-state index contributed by atoms with van der Waals surface area (Å²) in [7, 11) is 0. The van der Waals surface area contributed by atoms with Gasteiger partial charge in [-0.1, -0.05) is 55.8 Å². The maximum atomic E-state index is 12.5. The Kier molecular flexibility index (Phi) is 7.27. The number of carbonyl (C=O) groups excluding carboxylic acids is 2. The lowest BCUT2D eigenvalue weighted by Gasteiger charge is -2.16. The molecule has 0 heterocycles. The van der Waals surface area contributed by atoms with Gasteiger partial charge in [0.05, 0.1) is 12.2 Å². The zero-order chi connectivity index (χ0) is 21.3. The number of hydrogen-bond acceptors (Lipinski definition) is 4. The summed E-state index contributed by atoms with van der Waals surface area (Å²) < 4.78 is 11.4. The Bertz CT molecular complexity index is 1020. The van der Waals surface area contributed by atoms with Crippen LogP contribution in [0.3, 0.4) is 0 Å². The SMILES string of the molecule is CCCCOc1ccccc1C(=O)NNC(=O)[C@@H](C)Oc1ccc2ccccc2c1. The van der Waals surface area contributed by atoms with Crippen LogP contribution in [0.5, 0.6) is 11.5 Å². The maximum absolute atomic E-state index is 12.5. The molecule has 3 rings (SSSR count). The summed E-state index contributed by atoms with van der Waals surface area (Å²) in [6.45, 7) is 4.22. The summed E-state index contributed by atoms with van der Waals surface area (Å²) in [5.41, 5.74) is 5.20. The Morgan fingerprint density at radius 3 is 2.47 bits per heavy atom. The van der Waals surface area contributed by atoms with E-state index in [-0.39, 0.29) is 0 Å². The highest BCUT2D eigenvalue weighted by Crippen LogP contribution is 2.21. The third-order valence-corrected chi connectivity index (χ3v) is 4.59. The van der Waals surface area contributed by atoms with E-state index in [9.17, 15) is 9.59 Å². The van der Waals surface area contributed by atoms with Crippen LogP contribution in [0.4, 0.5) is 0 Å². The predicted molar refractivity (Wildman–Crippen MR) is 116 cm³/mol. The van der Waals surface area contributed by atoms with Crippen molar-refractivity contribution < 1.29 is 19.1 Å². The summed E-state index contributed by atoms with van der Waals surface area (Å²) in [5.74, 6) is 0.157. The number of benzene rings is 3. The van der Waals surface area contributed by atoms with Gasteiger partial charge in [-0.25, -0.2) is 0 Å². The monoisotopic (exact) mass is 406 g/mol. The normalized spacial score (nSPS) is 11.5. The Balaban J connectivity index is 1.56. The topological polar surface area (TPSA) is 76.7 Å². The number of fused-ring (bicyclic) bond motifs is 1. The second-order valence-electron chi connectivity index (χ2n) is 6.91. The molecule has 0 aliphatic heterocycles. The number of rotatable bonds is 8. The minimum absolute atomic E-state index is 0.358. The quantitative estimate of drug-likeness (QED) is 0.433. The Morgan fingerprint density at radius 1 is 0.933 bits per heavy atom. The first-order chi connectivity index (χ1) is 14.6. The Labute approximate surface area is 176 Å². The van der Waals surface area contributed by atoms with Crippen LogP contribution in [-0.2, 0) is 4.79 Å². The fourth-order valence-corrected chi connectivity index (χ4v) is 2.89. The summed E-state index contributed by atoms with van der Waals surface area (Å²) in [6.07, 6.45) is 1.11. The van der Waals surface area contributed by atoms with Crippen molar-refractivity contribution >= 4 is 22.6 Å². The van der Waals surface area contributed by atoms with E-state index in [1.54, 1.807) is 31.2 Å². The smallest absolute Gasteiger partial charge is 0.279 e. The van der Waals surface area contributed by atoms with Gasteiger partial charge in [0.2, 0.25) is 0 Å². The summed E-state index contributed by atoms with van der Waals surface area (Å²) in [6, 6.07) is 20.5. The van der Waals surface area contributed by atoms with Gasteiger partial charge in [-0.2, -0.15) is 0 Å². The summed E-state index contributed by atoms with van der Waals surface area (Å²) >= 11 is 0. The van der Waals surface area contributed by atoms with Gasteiger partial charge in [-0.05, 0) is 48.4 Å². The highest BCUT2D eigenvalue weighted by atomic mass is 16.5. The van der Waals surface area contributed by atoms with Crippen LogP contribution < -0.4 is 20.3 Å². The number of unbranched alkanes of at least 4 members (excludes halogenated alkanes) is 1. The average Bonchev–Trinajstić information content (AvgIpc) is 2.77. The second kappa shape index (κ2) is 10.3. The van der Waals surface area contributed by atoms with Gasteiger partial charge >= 0.3 is 0 Å². The van der Waals surface area contributed by atoms with Crippen LogP contribution in [0.25, 0.3) is 10.8 Å². The molecule has 2 N–H and O–H groups in total. The highest BCUT2D eigenvalue weighted by molar-refractivity contribution is 5.98. The van der Waals surface area contributed by atoms with E-state index in [1.807, 2.05) is 42.5 Å². The molecule has 0 aromatic heterocycles. The molecule has 0 fully saturated rings. The molecular weight excluding hydrogens is 380 g/mol. The lowest BCUT2D eigenvalue weighted by Crippen LogP contribution is -2.47. The molecular formula is C24H26N2O4. The van der Waals surface area contributed by atoms with Crippen molar-refractivity contribution in [2.24, 2.45) is 0 Å². The van der Waals surface area contributed by atoms with Crippen LogP contribution in [0.2, 0.25) is 0 Å². The molecule has 1 atom stereocenters. The molecule has 3 aromatic carbocycles. The van der Waals surface area contributed by atoms with Gasteiger partial charge in [0, 0.05) is 0 Å². The predicted octanol–water partition coefficient (Wildman–Crippen LogP) is 4.25. The number of ether oxygens (including phenoxy) is 2. The minimum Gasteiger partial charge on any atom is -0.493 e. The van der Waals surface area contributed by atoms with E-state index < -0.39 is 17.9 Å². The molecule has 0 aliphatic rings. The average molecular weight is 406 g/mol. The van der Waals surface area contributed by atoms with Gasteiger partial charge in [-0.15, -0.1) is 0 Å². The molecule has 0 saturated heterocycles. The number of nitrogens with one attached hydrogen (secondary N) is 2. The highest BCUT2D eigenvalue weighted by Gasteiger charge is 2.17. The number of hydrazine groups is 1. The van der Waals surface area contributed by atoms with Gasteiger partial charge in [0.1, 0.15) is 11.5 Å². The van der Waals surface area contributed by atoms with Crippen LogP contribution in [0.1, 0.15) is 37.0 Å². The molecule has 6 nitrogen and oxygen atoms in total.